The van der Waals surface area contributed by atoms with Crippen LogP contribution in [0.1, 0.15) is 33.6 Å². The molecule has 0 aliphatic carbocycles. The highest BCUT2D eigenvalue weighted by molar-refractivity contribution is 7.98. The molecule has 0 fully saturated rings. The lowest BCUT2D eigenvalue weighted by atomic mass is 9.86. The minimum absolute atomic E-state index is 0.519. The molecule has 0 saturated heterocycles. The first kappa shape index (κ1) is 12.3. The molecule has 0 rings (SSSR count). The standard InChI is InChI=1S/C10H23NS/c1-5-11-8-6-10(2,3)7-9-12-4/h11H,5-9H2,1-4H3. The van der Waals surface area contributed by atoms with Crippen LogP contribution in [0.4, 0.5) is 0 Å². The third kappa shape index (κ3) is 6.99. The highest BCUT2D eigenvalue weighted by Crippen LogP contribution is 2.25. The van der Waals surface area contributed by atoms with Crippen molar-refractivity contribution in [2.24, 2.45) is 5.41 Å². The Morgan fingerprint density at radius 2 is 1.92 bits per heavy atom. The smallest absolute Gasteiger partial charge is 0.00439 e. The Kier molecular flexibility index (Phi) is 6.96. The minimum Gasteiger partial charge on any atom is -0.317 e. The molecule has 1 N–H and O–H groups in total. The first-order chi connectivity index (χ1) is 5.62. The quantitative estimate of drug-likeness (QED) is 0.618. The van der Waals surface area contributed by atoms with Gasteiger partial charge in [-0.1, -0.05) is 20.8 Å². The van der Waals surface area contributed by atoms with E-state index in [0.717, 1.165) is 13.1 Å². The van der Waals surface area contributed by atoms with Gasteiger partial charge in [0.05, 0.1) is 0 Å². The van der Waals surface area contributed by atoms with Gasteiger partial charge >= 0.3 is 0 Å². The van der Waals surface area contributed by atoms with Crippen LogP contribution in [0.25, 0.3) is 0 Å². The Bertz CT molecular complexity index is 102. The van der Waals surface area contributed by atoms with E-state index in [0.29, 0.717) is 5.41 Å². The summed E-state index contributed by atoms with van der Waals surface area (Å²) < 4.78 is 0. The zero-order chi connectivity index (χ0) is 9.45. The van der Waals surface area contributed by atoms with E-state index in [-0.39, 0.29) is 0 Å². The number of nitrogens with one attached hydrogen (secondary N) is 1. The first-order valence-corrected chi connectivity index (χ1v) is 6.21. The second-order valence-corrected chi connectivity index (χ2v) is 5.00. The van der Waals surface area contributed by atoms with Gasteiger partial charge in [0.1, 0.15) is 0 Å². The molecule has 1 nitrogen and oxygen atoms in total. The van der Waals surface area contributed by atoms with E-state index in [2.05, 4.69) is 32.3 Å². The van der Waals surface area contributed by atoms with Crippen LogP contribution in [0.2, 0.25) is 0 Å². The molecule has 0 aromatic rings. The monoisotopic (exact) mass is 189 g/mol. The predicted octanol–water partition coefficient (Wildman–Crippen LogP) is 2.77. The minimum atomic E-state index is 0.519. The summed E-state index contributed by atoms with van der Waals surface area (Å²) in [5.74, 6) is 1.29. The summed E-state index contributed by atoms with van der Waals surface area (Å²) in [6.45, 7) is 9.15. The van der Waals surface area contributed by atoms with Crippen molar-refractivity contribution in [2.75, 3.05) is 25.1 Å². The van der Waals surface area contributed by atoms with Gasteiger partial charge in [0, 0.05) is 0 Å². The predicted molar refractivity (Wildman–Crippen MR) is 59.9 cm³/mol. The molecular formula is C10H23NS. The molecule has 0 atom stereocenters. The fourth-order valence-electron chi connectivity index (χ4n) is 1.11. The van der Waals surface area contributed by atoms with Gasteiger partial charge in [0.25, 0.3) is 0 Å². The zero-order valence-corrected chi connectivity index (χ0v) is 9.76. The van der Waals surface area contributed by atoms with E-state index in [9.17, 15) is 0 Å². The fraction of sp³-hybridized carbons (Fsp3) is 1.00. The van der Waals surface area contributed by atoms with Crippen molar-refractivity contribution in [3.05, 3.63) is 0 Å². The molecule has 0 bridgehead atoms. The lowest BCUT2D eigenvalue weighted by Gasteiger charge is -2.24. The van der Waals surface area contributed by atoms with E-state index in [1.165, 1.54) is 18.6 Å². The van der Waals surface area contributed by atoms with Gasteiger partial charge in [-0.05, 0) is 43.4 Å². The lowest BCUT2D eigenvalue weighted by molar-refractivity contribution is 0.320. The van der Waals surface area contributed by atoms with Gasteiger partial charge in [-0.25, -0.2) is 0 Å². The SMILES string of the molecule is CCNCCC(C)(C)CCSC. The highest BCUT2D eigenvalue weighted by atomic mass is 32.2. The third-order valence-electron chi connectivity index (χ3n) is 2.21. The Hall–Kier alpha value is 0.310. The Balaban J connectivity index is 3.42. The molecule has 0 radical (unpaired) electrons. The average Bonchev–Trinajstić information content (AvgIpc) is 2.01. The lowest BCUT2D eigenvalue weighted by Crippen LogP contribution is -2.22. The first-order valence-electron chi connectivity index (χ1n) is 4.82. The number of hydrogen-bond donors (Lipinski definition) is 1. The molecule has 0 aliphatic heterocycles. The van der Waals surface area contributed by atoms with Gasteiger partial charge in [0.2, 0.25) is 0 Å². The van der Waals surface area contributed by atoms with Crippen molar-refractivity contribution < 1.29 is 0 Å². The summed E-state index contributed by atoms with van der Waals surface area (Å²) in [5.41, 5.74) is 0.519. The molecule has 2 heteroatoms. The van der Waals surface area contributed by atoms with Crippen LogP contribution in [-0.2, 0) is 0 Å². The van der Waals surface area contributed by atoms with Gasteiger partial charge in [-0.2, -0.15) is 11.8 Å². The summed E-state index contributed by atoms with van der Waals surface area (Å²) in [6, 6.07) is 0. The van der Waals surface area contributed by atoms with Crippen molar-refractivity contribution in [3.63, 3.8) is 0 Å². The maximum Gasteiger partial charge on any atom is -0.00439 e. The largest absolute Gasteiger partial charge is 0.317 e. The van der Waals surface area contributed by atoms with E-state index >= 15 is 0 Å². The molecule has 0 aromatic heterocycles. The van der Waals surface area contributed by atoms with Crippen LogP contribution in [0, 0.1) is 5.41 Å². The summed E-state index contributed by atoms with van der Waals surface area (Å²) in [4.78, 5) is 0. The molecule has 12 heavy (non-hydrogen) atoms. The van der Waals surface area contributed by atoms with Crippen LogP contribution in [0.5, 0.6) is 0 Å². The van der Waals surface area contributed by atoms with Crippen molar-refractivity contribution >= 4 is 11.8 Å². The number of hydrogen-bond acceptors (Lipinski definition) is 2. The second-order valence-electron chi connectivity index (χ2n) is 4.01. The molecule has 0 unspecified atom stereocenters. The topological polar surface area (TPSA) is 12.0 Å². The van der Waals surface area contributed by atoms with E-state index < -0.39 is 0 Å². The molecule has 0 aliphatic rings. The van der Waals surface area contributed by atoms with Crippen LogP contribution >= 0.6 is 11.8 Å². The summed E-state index contributed by atoms with van der Waals surface area (Å²) in [5, 5.41) is 3.37. The van der Waals surface area contributed by atoms with Gasteiger partial charge in [0.15, 0.2) is 0 Å². The van der Waals surface area contributed by atoms with Crippen LogP contribution < -0.4 is 5.32 Å². The third-order valence-corrected chi connectivity index (χ3v) is 2.82. The fourth-order valence-corrected chi connectivity index (χ4v) is 1.86. The van der Waals surface area contributed by atoms with Gasteiger partial charge < -0.3 is 5.32 Å². The summed E-state index contributed by atoms with van der Waals surface area (Å²) >= 11 is 1.95. The molecule has 74 valence electrons. The van der Waals surface area contributed by atoms with E-state index in [4.69, 9.17) is 0 Å². The molecule has 0 spiro atoms. The molecule has 0 saturated carbocycles. The van der Waals surface area contributed by atoms with Gasteiger partial charge in [-0.3, -0.25) is 0 Å². The highest BCUT2D eigenvalue weighted by Gasteiger charge is 2.15. The number of rotatable bonds is 7. The Morgan fingerprint density at radius 1 is 1.25 bits per heavy atom. The molecule has 0 heterocycles. The summed E-state index contributed by atoms with van der Waals surface area (Å²) in [6.07, 6.45) is 4.81. The Morgan fingerprint density at radius 3 is 2.42 bits per heavy atom. The molecule has 0 aromatic carbocycles. The van der Waals surface area contributed by atoms with Crippen LogP contribution in [-0.4, -0.2) is 25.1 Å². The van der Waals surface area contributed by atoms with E-state index in [1.807, 2.05) is 11.8 Å². The maximum atomic E-state index is 3.37. The van der Waals surface area contributed by atoms with E-state index in [1.54, 1.807) is 0 Å². The Labute approximate surface area is 81.7 Å². The van der Waals surface area contributed by atoms with Gasteiger partial charge in [-0.15, -0.1) is 0 Å². The van der Waals surface area contributed by atoms with Crippen molar-refractivity contribution in [1.82, 2.24) is 5.32 Å². The maximum absolute atomic E-state index is 3.37. The van der Waals surface area contributed by atoms with Crippen molar-refractivity contribution in [2.45, 2.75) is 33.6 Å². The average molecular weight is 189 g/mol. The zero-order valence-electron chi connectivity index (χ0n) is 8.94. The number of thioether (sulfide) groups is 1. The molecule has 0 amide bonds. The normalized spacial score (nSPS) is 12.0. The van der Waals surface area contributed by atoms with Crippen molar-refractivity contribution in [3.8, 4) is 0 Å². The molecular weight excluding hydrogens is 166 g/mol. The van der Waals surface area contributed by atoms with Crippen LogP contribution in [0.3, 0.4) is 0 Å². The second kappa shape index (κ2) is 6.79. The van der Waals surface area contributed by atoms with Crippen molar-refractivity contribution in [1.29, 1.82) is 0 Å². The van der Waals surface area contributed by atoms with Crippen LogP contribution in [0.15, 0.2) is 0 Å². The summed E-state index contributed by atoms with van der Waals surface area (Å²) in [7, 11) is 0.